The van der Waals surface area contributed by atoms with E-state index >= 15 is 0 Å². The van der Waals surface area contributed by atoms with Gasteiger partial charge in [-0.2, -0.15) is 11.6 Å². The van der Waals surface area contributed by atoms with Crippen LogP contribution in [0.4, 0.5) is 0 Å². The Morgan fingerprint density at radius 3 is 1.06 bits per heavy atom. The average Bonchev–Trinajstić information content (AvgIpc) is 3.53. The minimum Gasteiger partial charge on any atom is -0.272 e. The molecule has 0 fully saturated rings. The van der Waals surface area contributed by atoms with Gasteiger partial charge in [0.05, 0.1) is 0 Å². The molecule has 0 bridgehead atoms. The van der Waals surface area contributed by atoms with Crippen LogP contribution in [-0.2, 0) is 28.1 Å². The maximum absolute atomic E-state index is 4.14. The van der Waals surface area contributed by atoms with Gasteiger partial charge in [0, 0.05) is 21.7 Å². The monoisotopic (exact) mass is 821 g/mol. The van der Waals surface area contributed by atoms with Crippen molar-refractivity contribution in [1.29, 1.82) is 0 Å². The molecule has 0 saturated heterocycles. The summed E-state index contributed by atoms with van der Waals surface area (Å²) in [6.07, 6.45) is 8.43. The van der Waals surface area contributed by atoms with Gasteiger partial charge in [-0.1, -0.05) is 180 Å². The van der Waals surface area contributed by atoms with E-state index < -0.39 is 8.07 Å². The molecule has 1 aliphatic rings. The largest absolute Gasteiger partial charge is 0.272 e. The van der Waals surface area contributed by atoms with E-state index in [2.05, 4.69) is 180 Å². The fourth-order valence-corrected chi connectivity index (χ4v) is 12.7. The van der Waals surface area contributed by atoms with E-state index in [0.29, 0.717) is 35.5 Å². The Hall–Kier alpha value is -1.84. The first-order valence-electron chi connectivity index (χ1n) is 19.0. The van der Waals surface area contributed by atoms with E-state index in [-0.39, 0.29) is 58.9 Å². The van der Waals surface area contributed by atoms with Gasteiger partial charge in [0.2, 0.25) is 0 Å². The molecule has 0 amide bonds. The van der Waals surface area contributed by atoms with Crippen molar-refractivity contribution in [2.24, 2.45) is 0 Å². The summed E-state index contributed by atoms with van der Waals surface area (Å²) in [5, 5.41) is 6.00. The van der Waals surface area contributed by atoms with Crippen molar-refractivity contribution >= 4 is 60.9 Å². The van der Waals surface area contributed by atoms with Crippen molar-refractivity contribution in [3.63, 3.8) is 0 Å². The summed E-state index contributed by atoms with van der Waals surface area (Å²) < 4.78 is 0. The van der Waals surface area contributed by atoms with Crippen molar-refractivity contribution in [2.45, 2.75) is 131 Å². The van der Waals surface area contributed by atoms with Crippen molar-refractivity contribution in [1.82, 2.24) is 0 Å². The molecule has 0 unspecified atom stereocenters. The number of halogens is 3. The SMILES string of the molecule is CC(C)c1cc(C(C)C)cc([Si](C2=[C-]CC=C2Cc2ccccc2)(c2cc(C(C)C)cc(C(C)C)c2)c2cc(C(C)C)cc(C(C)C)c2)c1.Cl.Cl.Cl.[Ti]. The van der Waals surface area contributed by atoms with Crippen molar-refractivity contribution < 1.29 is 21.7 Å². The molecule has 4 aromatic rings. The molecule has 0 atom stereocenters. The van der Waals surface area contributed by atoms with E-state index in [0.717, 1.165) is 12.8 Å². The Bertz CT molecular complexity index is 1600. The molecule has 0 N–H and O–H groups in total. The van der Waals surface area contributed by atoms with Crippen LogP contribution in [0, 0.1) is 6.08 Å². The number of hydrogen-bond acceptors (Lipinski definition) is 0. The molecule has 0 aliphatic heterocycles. The Kier molecular flexibility index (Phi) is 19.4. The predicted octanol–water partition coefficient (Wildman–Crippen LogP) is 13.0. The molecular weight excluding hydrogens is 759 g/mol. The van der Waals surface area contributed by atoms with Gasteiger partial charge in [-0.15, -0.1) is 43.6 Å². The first-order chi connectivity index (χ1) is 23.2. The zero-order chi connectivity index (χ0) is 35.6. The Morgan fingerprint density at radius 2 is 0.774 bits per heavy atom. The molecule has 0 heterocycles. The first-order valence-corrected chi connectivity index (χ1v) is 21.0. The van der Waals surface area contributed by atoms with Crippen LogP contribution in [0.1, 0.15) is 164 Å². The van der Waals surface area contributed by atoms with Crippen LogP contribution >= 0.6 is 37.2 Å². The van der Waals surface area contributed by atoms with E-state index in [1.807, 2.05) is 0 Å². The fraction of sp³-hybridized carbons (Fsp3) is 0.417. The van der Waals surface area contributed by atoms with Crippen LogP contribution < -0.4 is 15.6 Å². The third-order valence-corrected chi connectivity index (χ3v) is 15.5. The smallest absolute Gasteiger partial charge is 0.144 e. The van der Waals surface area contributed by atoms with Crippen LogP contribution in [0.3, 0.4) is 0 Å². The summed E-state index contributed by atoms with van der Waals surface area (Å²) in [6, 6.07) is 34.2. The predicted molar refractivity (Wildman–Crippen MR) is 240 cm³/mol. The standard InChI is InChI=1S/C48H61Si.3ClH.Ti/c1-31(2)39-22-40(32(3)4)26-45(25-39)49(46-27-41(33(5)6)23-42(28-46)34(7)8,47-29-43(35(9)10)24-44(30-47)36(11)12)48-20-16-19-38(48)21-37-17-14-13-15-18-37;;;;/h13-15,17-19,22-36H,16,21H2,1-12H3;3*1H;/q-1;;;;. The maximum Gasteiger partial charge on any atom is 0.144 e. The zero-order valence-corrected chi connectivity index (χ0v) is 39.3. The van der Waals surface area contributed by atoms with Crippen molar-refractivity contribution in [3.05, 3.63) is 147 Å². The molecule has 0 nitrogen and oxygen atoms in total. The van der Waals surface area contributed by atoms with Gasteiger partial charge in [0.15, 0.2) is 0 Å². The summed E-state index contributed by atoms with van der Waals surface area (Å²) in [5.41, 5.74) is 11.5. The Balaban J connectivity index is 0.00000351. The van der Waals surface area contributed by atoms with Gasteiger partial charge in [-0.3, -0.25) is 6.08 Å². The van der Waals surface area contributed by atoms with Crippen LogP contribution in [0.5, 0.6) is 0 Å². The second-order valence-corrected chi connectivity index (χ2v) is 20.2. The quantitative estimate of drug-likeness (QED) is 0.0759. The molecule has 5 heteroatoms. The molecule has 0 aromatic heterocycles. The second-order valence-electron chi connectivity index (χ2n) is 16.5. The van der Waals surface area contributed by atoms with E-state index in [1.54, 1.807) is 0 Å². The second kappa shape index (κ2) is 20.9. The van der Waals surface area contributed by atoms with Gasteiger partial charge >= 0.3 is 0 Å². The van der Waals surface area contributed by atoms with Gasteiger partial charge in [-0.25, -0.2) is 5.20 Å². The van der Waals surface area contributed by atoms with E-state index in [4.69, 9.17) is 0 Å². The summed E-state index contributed by atoms with van der Waals surface area (Å²) in [7, 11) is -2.93. The van der Waals surface area contributed by atoms with Crippen molar-refractivity contribution in [3.8, 4) is 0 Å². The van der Waals surface area contributed by atoms with Crippen LogP contribution in [0.15, 0.2) is 102 Å². The Morgan fingerprint density at radius 1 is 0.472 bits per heavy atom. The summed E-state index contributed by atoms with van der Waals surface area (Å²) in [5.74, 6) is 2.62. The molecule has 4 aromatic carbocycles. The number of hydrogen-bond donors (Lipinski definition) is 0. The maximum atomic E-state index is 4.14. The van der Waals surface area contributed by atoms with Crippen LogP contribution in [0.25, 0.3) is 0 Å². The summed E-state index contributed by atoms with van der Waals surface area (Å²) in [6.45, 7) is 28.3. The molecule has 53 heavy (non-hydrogen) atoms. The number of benzene rings is 4. The molecular formula is C48H64Cl3SiTi-. The van der Waals surface area contributed by atoms with Gasteiger partial charge in [0.1, 0.15) is 8.07 Å². The first kappa shape index (κ1) is 49.2. The van der Waals surface area contributed by atoms with E-state index in [1.165, 1.54) is 65.3 Å². The van der Waals surface area contributed by atoms with Crippen LogP contribution in [-0.4, -0.2) is 8.07 Å². The molecule has 1 aliphatic carbocycles. The minimum absolute atomic E-state index is 0. The van der Waals surface area contributed by atoms with Crippen LogP contribution in [0.2, 0.25) is 0 Å². The van der Waals surface area contributed by atoms with E-state index in [9.17, 15) is 0 Å². The van der Waals surface area contributed by atoms with Crippen molar-refractivity contribution in [2.75, 3.05) is 0 Å². The number of allylic oxidation sites excluding steroid dienone is 4. The third kappa shape index (κ3) is 10.7. The average molecular weight is 823 g/mol. The third-order valence-electron chi connectivity index (χ3n) is 10.8. The normalized spacial score (nSPS) is 12.8. The zero-order valence-electron chi connectivity index (χ0n) is 34.3. The summed E-state index contributed by atoms with van der Waals surface area (Å²) in [4.78, 5) is 0. The Labute approximate surface area is 358 Å². The molecule has 0 spiro atoms. The molecule has 286 valence electrons. The topological polar surface area (TPSA) is 0 Å². The van der Waals surface area contributed by atoms with Gasteiger partial charge in [-0.05, 0) is 84.4 Å². The number of rotatable bonds is 12. The summed E-state index contributed by atoms with van der Waals surface area (Å²) >= 11 is 0. The van der Waals surface area contributed by atoms with Gasteiger partial charge < -0.3 is 0 Å². The van der Waals surface area contributed by atoms with Gasteiger partial charge in [0.25, 0.3) is 0 Å². The molecule has 0 saturated carbocycles. The fourth-order valence-electron chi connectivity index (χ4n) is 7.45. The molecule has 0 radical (unpaired) electrons. The molecule has 5 rings (SSSR count). The minimum atomic E-state index is -2.93.